The molecule has 3 atom stereocenters. The number of benzene rings is 4. The summed E-state index contributed by atoms with van der Waals surface area (Å²) in [5.74, 6) is -1.24. The van der Waals surface area contributed by atoms with Crippen LogP contribution in [0.1, 0.15) is 70.9 Å². The first-order valence-electron chi connectivity index (χ1n) is 23.3. The van der Waals surface area contributed by atoms with Gasteiger partial charge >= 0.3 is 18.2 Å². The van der Waals surface area contributed by atoms with Crippen molar-refractivity contribution in [3.63, 3.8) is 0 Å². The lowest BCUT2D eigenvalue weighted by molar-refractivity contribution is -0.141. The molecule has 4 aromatic carbocycles. The first-order chi connectivity index (χ1) is 32.8. The zero-order chi connectivity index (χ0) is 49.6. The first-order valence-corrected chi connectivity index (χ1v) is 25.2. The molecule has 0 radical (unpaired) electrons. The maximum absolute atomic E-state index is 14.9. The van der Waals surface area contributed by atoms with Gasteiger partial charge in [-0.15, -0.1) is 0 Å². The van der Waals surface area contributed by atoms with Crippen molar-refractivity contribution in [1.29, 1.82) is 0 Å². The van der Waals surface area contributed by atoms with E-state index in [0.717, 1.165) is 21.6 Å². The van der Waals surface area contributed by atoms with Crippen LogP contribution in [0.5, 0.6) is 0 Å². The van der Waals surface area contributed by atoms with E-state index in [4.69, 9.17) is 18.6 Å². The molecule has 366 valence electrons. The number of pyridine rings is 1. The molecule has 1 saturated heterocycles. The molecule has 2 aromatic heterocycles. The lowest BCUT2D eigenvalue weighted by atomic mass is 9.84. The lowest BCUT2D eigenvalue weighted by Gasteiger charge is -2.44. The predicted octanol–water partition coefficient (Wildman–Crippen LogP) is 10.1. The van der Waals surface area contributed by atoms with E-state index in [1.54, 1.807) is 43.6 Å². The van der Waals surface area contributed by atoms with Crippen molar-refractivity contribution < 1.29 is 46.5 Å². The van der Waals surface area contributed by atoms with E-state index in [2.05, 4.69) is 69.2 Å². The minimum Gasteiger partial charge on any atom is -0.480 e. The molecule has 1 fully saturated rings. The molecule has 69 heavy (non-hydrogen) atoms. The Balaban J connectivity index is 1.28. The Hall–Kier alpha value is -6.00. The van der Waals surface area contributed by atoms with Crippen LogP contribution < -0.4 is 20.6 Å². The lowest BCUT2D eigenvalue weighted by Crippen LogP contribution is -2.67. The van der Waals surface area contributed by atoms with E-state index in [0.29, 0.717) is 53.0 Å². The summed E-state index contributed by atoms with van der Waals surface area (Å²) in [7, 11) is -1.46. The fourth-order valence-electron chi connectivity index (χ4n) is 9.58. The number of anilines is 1. The van der Waals surface area contributed by atoms with E-state index in [9.17, 15) is 27.9 Å². The van der Waals surface area contributed by atoms with E-state index < -0.39 is 56.8 Å². The first kappa shape index (κ1) is 50.9. The van der Waals surface area contributed by atoms with Gasteiger partial charge in [0.15, 0.2) is 0 Å². The fraction of sp³-hybridized carbons (Fsp3) is 0.389. The maximum Gasteiger partial charge on any atom is 0.408 e. The molecule has 0 bridgehead atoms. The summed E-state index contributed by atoms with van der Waals surface area (Å²) < 4.78 is 70.7. The van der Waals surface area contributed by atoms with Gasteiger partial charge in [-0.05, 0) is 75.6 Å². The third-order valence-corrected chi connectivity index (χ3v) is 17.9. The largest absolute Gasteiger partial charge is 0.480 e. The number of morpholine rings is 1. The number of nitrogens with zero attached hydrogens (tertiary/aromatic N) is 3. The van der Waals surface area contributed by atoms with Crippen LogP contribution in [-0.4, -0.2) is 86.8 Å². The number of alkyl carbamates (subject to hydrolysis) is 1. The number of amides is 1. The van der Waals surface area contributed by atoms with Crippen molar-refractivity contribution in [2.75, 3.05) is 38.3 Å². The molecule has 3 heterocycles. The number of hydrogen-bond acceptors (Lipinski definition) is 8. The van der Waals surface area contributed by atoms with Gasteiger partial charge < -0.3 is 38.5 Å². The Kier molecular flexibility index (Phi) is 15.7. The number of carboxylic acids is 1. The Labute approximate surface area is 403 Å². The molecule has 7 rings (SSSR count). The zero-order valence-corrected chi connectivity index (χ0v) is 41.4. The molecular weight excluding hydrogens is 902 g/mol. The van der Waals surface area contributed by atoms with Crippen LogP contribution in [0, 0.1) is 5.41 Å². The normalized spacial score (nSPS) is 15.7. The second kappa shape index (κ2) is 21.3. The number of carbonyl (C=O) groups excluding carboxylic acids is 1. The van der Waals surface area contributed by atoms with Crippen molar-refractivity contribution in [3.8, 4) is 11.3 Å². The van der Waals surface area contributed by atoms with Gasteiger partial charge in [-0.2, -0.15) is 13.2 Å². The Bertz CT molecular complexity index is 2640. The molecule has 0 aliphatic carbocycles. The van der Waals surface area contributed by atoms with Gasteiger partial charge in [-0.1, -0.05) is 126 Å². The highest BCUT2D eigenvalue weighted by Crippen LogP contribution is 2.44. The van der Waals surface area contributed by atoms with Crippen LogP contribution in [0.4, 0.5) is 23.7 Å². The molecule has 0 saturated carbocycles. The minimum absolute atomic E-state index is 0.0257. The summed E-state index contributed by atoms with van der Waals surface area (Å²) in [6, 6.07) is 37.5. The molecule has 1 amide bonds. The summed E-state index contributed by atoms with van der Waals surface area (Å²) in [4.78, 5) is 31.9. The van der Waals surface area contributed by atoms with Crippen LogP contribution in [-0.2, 0) is 43.0 Å². The predicted molar refractivity (Wildman–Crippen MR) is 265 cm³/mol. The Morgan fingerprint density at radius 2 is 1.54 bits per heavy atom. The summed E-state index contributed by atoms with van der Waals surface area (Å²) >= 11 is 0. The quantitative estimate of drug-likeness (QED) is 0.0811. The summed E-state index contributed by atoms with van der Waals surface area (Å²) in [6.45, 7) is 12.7. The highest BCUT2D eigenvalue weighted by atomic mass is 28.4. The standard InChI is InChI=1S/C54H63F3N4O7Si/c1-37(65-7)48-43(24-17-27-58-48)49-45(32-53(5,6)36-68-69(52(2,3)4,41-20-13-9-14-21-41)42-22-15-10-16-23-42)44-30-39(25-26-47(44)61(49)35-54(55,56)57)60-28-29-66-40(33-60)31-46(50(62)63)59-51(64)67-34-38-18-11-8-12-19-38/h8-27,30,37,40,46H,28-29,31-36H2,1-7H3,(H,59,64)(H,62,63)/t37-,40?,46?/m0/s1. The molecule has 2 unspecified atom stereocenters. The Morgan fingerprint density at radius 3 is 2.13 bits per heavy atom. The molecule has 2 N–H and O–H groups in total. The van der Waals surface area contributed by atoms with Gasteiger partial charge in [-0.25, -0.2) is 9.59 Å². The number of carboxylic acid groups (broad SMARTS) is 1. The average Bonchev–Trinajstić information content (AvgIpc) is 3.60. The number of carbonyl (C=O) groups is 2. The second-order valence-electron chi connectivity index (χ2n) is 19.6. The van der Waals surface area contributed by atoms with Gasteiger partial charge in [-0.3, -0.25) is 4.98 Å². The number of aromatic nitrogens is 2. The number of hydrogen-bond donors (Lipinski definition) is 2. The molecule has 15 heteroatoms. The highest BCUT2D eigenvalue weighted by Gasteiger charge is 2.51. The SMILES string of the molecule is CO[C@@H](C)c1ncccc1-c1c(CC(C)(C)CO[Si](c2ccccc2)(c2ccccc2)C(C)(C)C)c2cc(N3CCOC(CC(NC(=O)OCc4ccccc4)C(=O)O)C3)ccc2n1CC(F)(F)F. The topological polar surface area (TPSA) is 124 Å². The van der Waals surface area contributed by atoms with Gasteiger partial charge in [0.25, 0.3) is 8.32 Å². The van der Waals surface area contributed by atoms with Crippen LogP contribution in [0.2, 0.25) is 5.04 Å². The van der Waals surface area contributed by atoms with Crippen LogP contribution in [0.15, 0.2) is 128 Å². The van der Waals surface area contributed by atoms with E-state index in [-0.39, 0.29) is 31.2 Å². The van der Waals surface area contributed by atoms with Crippen LogP contribution in [0.3, 0.4) is 0 Å². The van der Waals surface area contributed by atoms with Crippen LogP contribution in [0.25, 0.3) is 22.2 Å². The summed E-state index contributed by atoms with van der Waals surface area (Å²) in [5.41, 5.74) is 3.41. The number of rotatable bonds is 18. The monoisotopic (exact) mass is 964 g/mol. The van der Waals surface area contributed by atoms with E-state index in [1.165, 1.54) is 4.57 Å². The smallest absolute Gasteiger partial charge is 0.408 e. The summed E-state index contributed by atoms with van der Waals surface area (Å²) in [6.07, 6.45) is -4.68. The summed E-state index contributed by atoms with van der Waals surface area (Å²) in [5, 5.41) is 15.2. The molecule has 6 aromatic rings. The van der Waals surface area contributed by atoms with Gasteiger partial charge in [0.1, 0.15) is 19.2 Å². The Morgan fingerprint density at radius 1 is 0.899 bits per heavy atom. The number of ether oxygens (including phenoxy) is 3. The average molecular weight is 965 g/mol. The third kappa shape index (κ3) is 11.9. The number of alkyl halides is 3. The third-order valence-electron chi connectivity index (χ3n) is 12.9. The number of aliphatic carboxylic acids is 1. The molecule has 0 spiro atoms. The van der Waals surface area contributed by atoms with Gasteiger partial charge in [0, 0.05) is 61.6 Å². The minimum atomic E-state index is -4.58. The molecule has 11 nitrogen and oxygen atoms in total. The van der Waals surface area contributed by atoms with Crippen molar-refractivity contribution in [1.82, 2.24) is 14.9 Å². The number of fused-ring (bicyclic) bond motifs is 1. The number of halogens is 3. The van der Waals surface area contributed by atoms with Gasteiger partial charge in [0.05, 0.1) is 30.2 Å². The highest BCUT2D eigenvalue weighted by molar-refractivity contribution is 6.99. The number of methoxy groups -OCH3 is 1. The number of nitrogens with one attached hydrogen (secondary N) is 1. The van der Waals surface area contributed by atoms with E-state index >= 15 is 0 Å². The molecular formula is C54H63F3N4O7Si. The fourth-order valence-corrected chi connectivity index (χ4v) is 14.3. The van der Waals surface area contributed by atoms with E-state index in [1.807, 2.05) is 78.6 Å². The zero-order valence-electron chi connectivity index (χ0n) is 40.4. The van der Waals surface area contributed by atoms with Gasteiger partial charge in [0.2, 0.25) is 0 Å². The van der Waals surface area contributed by atoms with Crippen molar-refractivity contribution in [3.05, 3.63) is 144 Å². The molecule has 1 aliphatic heterocycles. The van der Waals surface area contributed by atoms with Crippen molar-refractivity contribution in [2.45, 2.75) is 97.0 Å². The van der Waals surface area contributed by atoms with Crippen LogP contribution >= 0.6 is 0 Å². The molecule has 1 aliphatic rings. The maximum atomic E-state index is 14.9. The second-order valence-corrected chi connectivity index (χ2v) is 23.9. The van der Waals surface area contributed by atoms with Crippen molar-refractivity contribution >= 4 is 47.3 Å². The van der Waals surface area contributed by atoms with Crippen molar-refractivity contribution in [2.24, 2.45) is 5.41 Å².